The highest BCUT2D eigenvalue weighted by Crippen LogP contribution is 2.32. The van der Waals surface area contributed by atoms with Crippen LogP contribution in [-0.4, -0.2) is 18.0 Å². The average molecular weight is 224 g/mol. The number of nitrogens with two attached hydrogens (primary N) is 1. The second-order valence-electron chi connectivity index (χ2n) is 5.56. The molecule has 3 heteroatoms. The third-order valence-corrected chi connectivity index (χ3v) is 4.04. The highest BCUT2D eigenvalue weighted by molar-refractivity contribution is 5.88. The van der Waals surface area contributed by atoms with Gasteiger partial charge in [0.2, 0.25) is 5.91 Å². The summed E-state index contributed by atoms with van der Waals surface area (Å²) in [7, 11) is 0. The van der Waals surface area contributed by atoms with E-state index in [9.17, 15) is 4.79 Å². The quantitative estimate of drug-likeness (QED) is 0.678. The molecule has 16 heavy (non-hydrogen) atoms. The number of amides is 1. The van der Waals surface area contributed by atoms with Crippen LogP contribution in [0.1, 0.15) is 57.8 Å². The Balaban J connectivity index is 1.47. The van der Waals surface area contributed by atoms with Crippen LogP contribution in [0.15, 0.2) is 0 Å². The Bertz CT molecular complexity index is 242. The molecule has 0 atom stereocenters. The zero-order valence-corrected chi connectivity index (χ0v) is 10.1. The van der Waals surface area contributed by atoms with Crippen molar-refractivity contribution in [2.45, 2.75) is 63.3 Å². The SMILES string of the molecule is NC1(C(=O)NCCCCC2CCCC2)CC1. The summed E-state index contributed by atoms with van der Waals surface area (Å²) in [5.74, 6) is 1.04. The third kappa shape index (κ3) is 3.21. The van der Waals surface area contributed by atoms with Crippen molar-refractivity contribution in [1.82, 2.24) is 5.32 Å². The van der Waals surface area contributed by atoms with Crippen molar-refractivity contribution < 1.29 is 4.79 Å². The molecule has 0 bridgehead atoms. The molecule has 2 saturated carbocycles. The maximum Gasteiger partial charge on any atom is 0.240 e. The largest absolute Gasteiger partial charge is 0.355 e. The predicted molar refractivity (Wildman–Crippen MR) is 65.0 cm³/mol. The van der Waals surface area contributed by atoms with Gasteiger partial charge in [0, 0.05) is 6.54 Å². The number of carbonyl (C=O) groups is 1. The highest BCUT2D eigenvalue weighted by Gasteiger charge is 2.45. The standard InChI is InChI=1S/C13H24N2O/c14-13(8-9-13)12(16)15-10-4-3-7-11-5-1-2-6-11/h11H,1-10,14H2,(H,15,16). The van der Waals surface area contributed by atoms with Gasteiger partial charge in [0.25, 0.3) is 0 Å². The van der Waals surface area contributed by atoms with E-state index in [0.717, 1.165) is 31.7 Å². The second-order valence-corrected chi connectivity index (χ2v) is 5.56. The van der Waals surface area contributed by atoms with Gasteiger partial charge in [0.1, 0.15) is 0 Å². The minimum Gasteiger partial charge on any atom is -0.355 e. The van der Waals surface area contributed by atoms with E-state index < -0.39 is 5.54 Å². The molecule has 0 aromatic rings. The van der Waals surface area contributed by atoms with E-state index in [1.54, 1.807) is 0 Å². The van der Waals surface area contributed by atoms with Crippen LogP contribution in [0.5, 0.6) is 0 Å². The Morgan fingerprint density at radius 3 is 2.56 bits per heavy atom. The minimum atomic E-state index is -0.495. The van der Waals surface area contributed by atoms with Crippen LogP contribution in [0.2, 0.25) is 0 Å². The summed E-state index contributed by atoms with van der Waals surface area (Å²) in [5.41, 5.74) is 5.30. The van der Waals surface area contributed by atoms with E-state index in [2.05, 4.69) is 5.32 Å². The summed E-state index contributed by atoms with van der Waals surface area (Å²) in [4.78, 5) is 11.5. The Morgan fingerprint density at radius 1 is 1.25 bits per heavy atom. The third-order valence-electron chi connectivity index (χ3n) is 4.04. The summed E-state index contributed by atoms with van der Waals surface area (Å²) < 4.78 is 0. The fourth-order valence-corrected chi connectivity index (χ4v) is 2.60. The summed E-state index contributed by atoms with van der Waals surface area (Å²) in [5, 5.41) is 2.95. The molecule has 92 valence electrons. The molecule has 0 aromatic heterocycles. The lowest BCUT2D eigenvalue weighted by Crippen LogP contribution is -2.42. The molecule has 0 saturated heterocycles. The van der Waals surface area contributed by atoms with Gasteiger partial charge in [0.15, 0.2) is 0 Å². The van der Waals surface area contributed by atoms with Crippen LogP contribution in [0, 0.1) is 5.92 Å². The number of hydrogen-bond acceptors (Lipinski definition) is 2. The van der Waals surface area contributed by atoms with Crippen molar-refractivity contribution in [3.63, 3.8) is 0 Å². The van der Waals surface area contributed by atoms with Crippen LogP contribution in [0.3, 0.4) is 0 Å². The van der Waals surface area contributed by atoms with Crippen molar-refractivity contribution in [2.75, 3.05) is 6.54 Å². The van der Waals surface area contributed by atoms with Crippen LogP contribution in [0.25, 0.3) is 0 Å². The van der Waals surface area contributed by atoms with Gasteiger partial charge >= 0.3 is 0 Å². The molecule has 0 radical (unpaired) electrons. The number of carbonyl (C=O) groups excluding carboxylic acids is 1. The van der Waals surface area contributed by atoms with Gasteiger partial charge in [0.05, 0.1) is 5.54 Å². The van der Waals surface area contributed by atoms with Crippen LogP contribution in [0.4, 0.5) is 0 Å². The zero-order valence-electron chi connectivity index (χ0n) is 10.1. The Labute approximate surface area is 98.2 Å². The molecular weight excluding hydrogens is 200 g/mol. The smallest absolute Gasteiger partial charge is 0.240 e. The van der Waals surface area contributed by atoms with E-state index in [0.29, 0.717) is 0 Å². The van der Waals surface area contributed by atoms with E-state index in [1.165, 1.54) is 38.5 Å². The number of nitrogens with one attached hydrogen (secondary N) is 1. The molecule has 0 heterocycles. The number of hydrogen-bond donors (Lipinski definition) is 2. The molecule has 3 N–H and O–H groups in total. The maximum absolute atomic E-state index is 11.5. The average Bonchev–Trinajstić information content (AvgIpc) is 2.81. The molecule has 0 spiro atoms. The minimum absolute atomic E-state index is 0.0633. The topological polar surface area (TPSA) is 55.1 Å². The summed E-state index contributed by atoms with van der Waals surface area (Å²) in [6.45, 7) is 0.810. The van der Waals surface area contributed by atoms with Gasteiger partial charge in [-0.25, -0.2) is 0 Å². The molecule has 2 rings (SSSR count). The molecule has 2 aliphatic carbocycles. The van der Waals surface area contributed by atoms with Crippen molar-refractivity contribution in [2.24, 2.45) is 11.7 Å². The van der Waals surface area contributed by atoms with Crippen molar-refractivity contribution in [1.29, 1.82) is 0 Å². The summed E-state index contributed by atoms with van der Waals surface area (Å²) in [6.07, 6.45) is 11.1. The van der Waals surface area contributed by atoms with Gasteiger partial charge in [-0.05, 0) is 25.2 Å². The second kappa shape index (κ2) is 5.17. The predicted octanol–water partition coefficient (Wildman–Crippen LogP) is 1.95. The zero-order chi connectivity index (χ0) is 11.4. The fourth-order valence-electron chi connectivity index (χ4n) is 2.60. The Kier molecular flexibility index (Phi) is 3.85. The lowest BCUT2D eigenvalue weighted by molar-refractivity contribution is -0.123. The van der Waals surface area contributed by atoms with E-state index >= 15 is 0 Å². The molecule has 2 fully saturated rings. The number of rotatable bonds is 6. The molecule has 0 unspecified atom stereocenters. The molecular formula is C13H24N2O. The van der Waals surface area contributed by atoms with Crippen molar-refractivity contribution >= 4 is 5.91 Å². The fraction of sp³-hybridized carbons (Fsp3) is 0.923. The van der Waals surface area contributed by atoms with Crippen molar-refractivity contribution in [3.05, 3.63) is 0 Å². The van der Waals surface area contributed by atoms with E-state index in [4.69, 9.17) is 5.73 Å². The summed E-state index contributed by atoms with van der Waals surface area (Å²) >= 11 is 0. The van der Waals surface area contributed by atoms with Crippen LogP contribution >= 0.6 is 0 Å². The maximum atomic E-state index is 11.5. The first-order valence-corrected chi connectivity index (χ1v) is 6.78. The van der Waals surface area contributed by atoms with Crippen molar-refractivity contribution in [3.8, 4) is 0 Å². The molecule has 1 amide bonds. The Morgan fingerprint density at radius 2 is 1.94 bits per heavy atom. The molecule has 0 aliphatic heterocycles. The normalized spacial score (nSPS) is 23.3. The van der Waals surface area contributed by atoms with Crippen LogP contribution in [-0.2, 0) is 4.79 Å². The molecule has 0 aromatic carbocycles. The Hall–Kier alpha value is -0.570. The van der Waals surface area contributed by atoms with E-state index in [-0.39, 0.29) is 5.91 Å². The first-order chi connectivity index (χ1) is 7.71. The van der Waals surface area contributed by atoms with Gasteiger partial charge in [-0.3, -0.25) is 4.79 Å². The van der Waals surface area contributed by atoms with Gasteiger partial charge in [-0.1, -0.05) is 38.5 Å². The van der Waals surface area contributed by atoms with Gasteiger partial charge in [-0.15, -0.1) is 0 Å². The number of unbranched alkanes of at least 4 members (excludes halogenated alkanes) is 1. The summed E-state index contributed by atoms with van der Waals surface area (Å²) in [6, 6.07) is 0. The highest BCUT2D eigenvalue weighted by atomic mass is 16.2. The van der Waals surface area contributed by atoms with Gasteiger partial charge in [-0.2, -0.15) is 0 Å². The molecule has 3 nitrogen and oxygen atoms in total. The first kappa shape index (κ1) is 11.9. The van der Waals surface area contributed by atoms with E-state index in [1.807, 2.05) is 0 Å². The van der Waals surface area contributed by atoms with Crippen LogP contribution < -0.4 is 11.1 Å². The first-order valence-electron chi connectivity index (χ1n) is 6.78. The molecule has 2 aliphatic rings. The lowest BCUT2D eigenvalue weighted by atomic mass is 10.0. The van der Waals surface area contributed by atoms with Gasteiger partial charge < -0.3 is 11.1 Å². The monoisotopic (exact) mass is 224 g/mol. The lowest BCUT2D eigenvalue weighted by Gasteiger charge is -2.11.